The zero-order chi connectivity index (χ0) is 14.6. The lowest BCUT2D eigenvalue weighted by Gasteiger charge is -2.29. The second-order valence-corrected chi connectivity index (χ2v) is 5.56. The van der Waals surface area contributed by atoms with Crippen molar-refractivity contribution < 1.29 is 9.90 Å². The molecule has 1 heterocycles. The first-order valence-corrected chi connectivity index (χ1v) is 7.38. The number of rotatable bonds is 5. The van der Waals surface area contributed by atoms with Gasteiger partial charge in [-0.15, -0.1) is 0 Å². The summed E-state index contributed by atoms with van der Waals surface area (Å²) in [6.45, 7) is 4.91. The Balaban J connectivity index is 1.92. The lowest BCUT2D eigenvalue weighted by molar-refractivity contribution is -0.124. The number of amides is 1. The third kappa shape index (κ3) is 3.38. The van der Waals surface area contributed by atoms with Crippen molar-refractivity contribution in [3.8, 4) is 0 Å². The molecule has 0 spiro atoms. The lowest BCUT2D eigenvalue weighted by atomic mass is 9.94. The van der Waals surface area contributed by atoms with Gasteiger partial charge in [0.1, 0.15) is 0 Å². The van der Waals surface area contributed by atoms with Crippen molar-refractivity contribution in [3.63, 3.8) is 0 Å². The fourth-order valence-corrected chi connectivity index (χ4v) is 2.51. The smallest absolute Gasteiger partial charge is 0.237 e. The zero-order valence-corrected chi connectivity index (χ0v) is 12.3. The van der Waals surface area contributed by atoms with Crippen LogP contribution in [0.1, 0.15) is 37.8 Å². The summed E-state index contributed by atoms with van der Waals surface area (Å²) in [5, 5.41) is 16.3. The number of nitrogens with one attached hydrogen (secondary N) is 2. The first-order chi connectivity index (χ1) is 9.58. The molecule has 4 heteroatoms. The molecule has 0 radical (unpaired) electrons. The third-order valence-corrected chi connectivity index (χ3v) is 4.31. The maximum Gasteiger partial charge on any atom is 0.237 e. The third-order valence-electron chi connectivity index (χ3n) is 4.31. The maximum atomic E-state index is 12.2. The van der Waals surface area contributed by atoms with E-state index in [2.05, 4.69) is 22.8 Å². The van der Waals surface area contributed by atoms with E-state index in [4.69, 9.17) is 0 Å². The van der Waals surface area contributed by atoms with E-state index in [1.165, 1.54) is 11.1 Å². The second kappa shape index (κ2) is 6.37. The van der Waals surface area contributed by atoms with E-state index in [1.807, 2.05) is 26.0 Å². The van der Waals surface area contributed by atoms with Crippen LogP contribution in [0.15, 0.2) is 24.3 Å². The van der Waals surface area contributed by atoms with Gasteiger partial charge >= 0.3 is 0 Å². The summed E-state index contributed by atoms with van der Waals surface area (Å²) in [4.78, 5) is 12.2. The Morgan fingerprint density at radius 2 is 2.00 bits per heavy atom. The van der Waals surface area contributed by atoms with Crippen molar-refractivity contribution in [2.24, 2.45) is 0 Å². The molecular weight excluding hydrogens is 252 g/mol. The molecule has 1 atom stereocenters. The van der Waals surface area contributed by atoms with E-state index in [0.717, 1.165) is 6.54 Å². The number of carbonyl (C=O) groups is 1. The van der Waals surface area contributed by atoms with Crippen molar-refractivity contribution in [3.05, 3.63) is 35.4 Å². The van der Waals surface area contributed by atoms with E-state index < -0.39 is 5.60 Å². The van der Waals surface area contributed by atoms with Gasteiger partial charge in [-0.3, -0.25) is 4.79 Å². The Morgan fingerprint density at radius 1 is 1.35 bits per heavy atom. The van der Waals surface area contributed by atoms with Crippen LogP contribution in [-0.4, -0.2) is 29.2 Å². The standard InChI is InChI=1S/C16H24N2O2/c1-3-16(20,4-2)11-18-15(19)14-9-12-7-5-6-8-13(12)10-17-14/h5-8,14,17,20H,3-4,9-11H2,1-2H3,(H,18,19)/t14-/m1/s1. The highest BCUT2D eigenvalue weighted by Crippen LogP contribution is 2.17. The number of fused-ring (bicyclic) bond motifs is 1. The molecule has 4 nitrogen and oxygen atoms in total. The minimum atomic E-state index is -0.789. The molecule has 0 saturated heterocycles. The van der Waals surface area contributed by atoms with Crippen molar-refractivity contribution >= 4 is 5.91 Å². The molecule has 110 valence electrons. The van der Waals surface area contributed by atoms with Crippen LogP contribution in [0.3, 0.4) is 0 Å². The van der Waals surface area contributed by atoms with E-state index in [0.29, 0.717) is 25.8 Å². The van der Waals surface area contributed by atoms with Crippen LogP contribution in [0.5, 0.6) is 0 Å². The molecule has 1 aliphatic rings. The van der Waals surface area contributed by atoms with E-state index in [9.17, 15) is 9.90 Å². The average molecular weight is 276 g/mol. The quantitative estimate of drug-likeness (QED) is 0.761. The van der Waals surface area contributed by atoms with Crippen LogP contribution in [0.4, 0.5) is 0 Å². The van der Waals surface area contributed by atoms with Gasteiger partial charge in [0.2, 0.25) is 5.91 Å². The molecule has 0 unspecified atom stereocenters. The summed E-state index contributed by atoms with van der Waals surface area (Å²) >= 11 is 0. The van der Waals surface area contributed by atoms with Gasteiger partial charge in [-0.1, -0.05) is 38.1 Å². The van der Waals surface area contributed by atoms with Gasteiger partial charge in [-0.25, -0.2) is 0 Å². The van der Waals surface area contributed by atoms with Gasteiger partial charge in [0.05, 0.1) is 11.6 Å². The molecule has 0 fully saturated rings. The van der Waals surface area contributed by atoms with Crippen LogP contribution in [-0.2, 0) is 17.8 Å². The molecule has 0 saturated carbocycles. The minimum absolute atomic E-state index is 0.0279. The largest absolute Gasteiger partial charge is 0.388 e. The Bertz CT molecular complexity index is 469. The molecule has 1 aromatic rings. The summed E-state index contributed by atoms with van der Waals surface area (Å²) in [5.74, 6) is -0.0279. The molecule has 20 heavy (non-hydrogen) atoms. The lowest BCUT2D eigenvalue weighted by Crippen LogP contribution is -2.51. The minimum Gasteiger partial charge on any atom is -0.388 e. The molecule has 3 N–H and O–H groups in total. The Labute approximate surface area is 120 Å². The maximum absolute atomic E-state index is 12.2. The van der Waals surface area contributed by atoms with Crippen molar-refractivity contribution in [1.82, 2.24) is 10.6 Å². The zero-order valence-electron chi connectivity index (χ0n) is 12.3. The fourth-order valence-electron chi connectivity index (χ4n) is 2.51. The molecule has 0 bridgehead atoms. The molecule has 0 aliphatic carbocycles. The number of hydrogen-bond donors (Lipinski definition) is 3. The van der Waals surface area contributed by atoms with E-state index in [1.54, 1.807) is 0 Å². The van der Waals surface area contributed by atoms with Gasteiger partial charge in [-0.05, 0) is 30.4 Å². The summed E-state index contributed by atoms with van der Waals surface area (Å²) in [6, 6.07) is 7.98. The van der Waals surface area contributed by atoms with Crippen LogP contribution in [0, 0.1) is 0 Å². The van der Waals surface area contributed by atoms with Crippen LogP contribution in [0.2, 0.25) is 0 Å². The first kappa shape index (κ1) is 15.0. The second-order valence-electron chi connectivity index (χ2n) is 5.56. The summed E-state index contributed by atoms with van der Waals surface area (Å²) in [5.41, 5.74) is 1.70. The highest BCUT2D eigenvalue weighted by atomic mass is 16.3. The fraction of sp³-hybridized carbons (Fsp3) is 0.562. The SMILES string of the molecule is CCC(O)(CC)CNC(=O)[C@H]1Cc2ccccc2CN1. The van der Waals surface area contributed by atoms with Crippen molar-refractivity contribution in [1.29, 1.82) is 0 Å². The van der Waals surface area contributed by atoms with Crippen LogP contribution < -0.4 is 10.6 Å². The summed E-state index contributed by atoms with van der Waals surface area (Å²) in [7, 11) is 0. The molecule has 2 rings (SSSR count). The number of carbonyl (C=O) groups excluding carboxylic acids is 1. The van der Waals surface area contributed by atoms with Gasteiger partial charge < -0.3 is 15.7 Å². The highest BCUT2D eigenvalue weighted by molar-refractivity contribution is 5.82. The van der Waals surface area contributed by atoms with E-state index >= 15 is 0 Å². The Hall–Kier alpha value is -1.39. The number of benzene rings is 1. The van der Waals surface area contributed by atoms with E-state index in [-0.39, 0.29) is 11.9 Å². The molecular formula is C16H24N2O2. The highest BCUT2D eigenvalue weighted by Gasteiger charge is 2.27. The first-order valence-electron chi connectivity index (χ1n) is 7.38. The normalized spacial score (nSPS) is 18.4. The van der Waals surface area contributed by atoms with Crippen LogP contribution in [0.25, 0.3) is 0 Å². The number of aliphatic hydroxyl groups is 1. The van der Waals surface area contributed by atoms with Gasteiger partial charge in [0.25, 0.3) is 0 Å². The predicted molar refractivity (Wildman–Crippen MR) is 79.3 cm³/mol. The Morgan fingerprint density at radius 3 is 2.65 bits per heavy atom. The molecule has 1 aromatic carbocycles. The average Bonchev–Trinajstić information content (AvgIpc) is 2.51. The monoisotopic (exact) mass is 276 g/mol. The van der Waals surface area contributed by atoms with Gasteiger partial charge in [0.15, 0.2) is 0 Å². The molecule has 0 aromatic heterocycles. The van der Waals surface area contributed by atoms with Crippen molar-refractivity contribution in [2.75, 3.05) is 6.54 Å². The number of hydrogen-bond acceptors (Lipinski definition) is 3. The predicted octanol–water partition coefficient (Wildman–Crippen LogP) is 1.37. The topological polar surface area (TPSA) is 61.4 Å². The molecule has 1 amide bonds. The summed E-state index contributed by atoms with van der Waals surface area (Å²) < 4.78 is 0. The van der Waals surface area contributed by atoms with Crippen molar-refractivity contribution in [2.45, 2.75) is 51.3 Å². The van der Waals surface area contributed by atoms with Crippen LogP contribution >= 0.6 is 0 Å². The molecule has 1 aliphatic heterocycles. The Kier molecular flexibility index (Phi) is 4.78. The summed E-state index contributed by atoms with van der Waals surface area (Å²) in [6.07, 6.45) is 1.99. The van der Waals surface area contributed by atoms with Gasteiger partial charge in [0, 0.05) is 13.1 Å². The van der Waals surface area contributed by atoms with Gasteiger partial charge in [-0.2, -0.15) is 0 Å².